The molecular formula is C26H22N4S. The number of rotatable bonds is 4. The van der Waals surface area contributed by atoms with Crippen LogP contribution < -0.4 is 10.6 Å². The minimum atomic E-state index is -0.0993. The number of aryl methyl sites for hydroxylation is 1. The van der Waals surface area contributed by atoms with Crippen molar-refractivity contribution in [2.24, 2.45) is 0 Å². The number of aromatic nitrogens is 2. The Labute approximate surface area is 187 Å². The van der Waals surface area contributed by atoms with Crippen molar-refractivity contribution in [1.29, 1.82) is 0 Å². The van der Waals surface area contributed by atoms with Crippen molar-refractivity contribution in [3.8, 4) is 16.9 Å². The molecule has 1 atom stereocenters. The van der Waals surface area contributed by atoms with E-state index in [0.717, 1.165) is 33.8 Å². The van der Waals surface area contributed by atoms with Gasteiger partial charge in [-0.3, -0.25) is 0 Å². The average molecular weight is 423 g/mol. The number of nitrogens with one attached hydrogen (secondary N) is 2. The van der Waals surface area contributed by atoms with Crippen LogP contribution in [0.4, 0.5) is 0 Å². The lowest BCUT2D eigenvalue weighted by Gasteiger charge is -2.26. The average Bonchev–Trinajstić information content (AvgIpc) is 3.26. The van der Waals surface area contributed by atoms with Gasteiger partial charge in [0.15, 0.2) is 5.11 Å². The molecule has 0 fully saturated rings. The highest BCUT2D eigenvalue weighted by atomic mass is 32.1. The summed E-state index contributed by atoms with van der Waals surface area (Å²) in [5.74, 6) is 0. The Morgan fingerprint density at radius 2 is 1.52 bits per heavy atom. The summed E-state index contributed by atoms with van der Waals surface area (Å²) in [7, 11) is 0. The molecule has 5 rings (SSSR count). The molecule has 2 N–H and O–H groups in total. The van der Waals surface area contributed by atoms with E-state index >= 15 is 0 Å². The smallest absolute Gasteiger partial charge is 0.171 e. The minimum Gasteiger partial charge on any atom is -0.352 e. The molecule has 1 aliphatic heterocycles. The Morgan fingerprint density at radius 1 is 0.839 bits per heavy atom. The molecule has 0 amide bonds. The van der Waals surface area contributed by atoms with E-state index in [2.05, 4.69) is 78.4 Å². The van der Waals surface area contributed by atoms with Gasteiger partial charge in [0.25, 0.3) is 0 Å². The van der Waals surface area contributed by atoms with E-state index in [9.17, 15) is 0 Å². The quantitative estimate of drug-likeness (QED) is 0.432. The second-order valence-corrected chi connectivity index (χ2v) is 8.01. The first-order valence-electron chi connectivity index (χ1n) is 10.2. The monoisotopic (exact) mass is 422 g/mol. The second-order valence-electron chi connectivity index (χ2n) is 7.60. The fourth-order valence-corrected chi connectivity index (χ4v) is 4.00. The lowest BCUT2D eigenvalue weighted by atomic mass is 9.99. The zero-order valence-corrected chi connectivity index (χ0v) is 17.9. The summed E-state index contributed by atoms with van der Waals surface area (Å²) in [5.41, 5.74) is 7.44. The molecule has 1 aromatic heterocycles. The van der Waals surface area contributed by atoms with Crippen molar-refractivity contribution in [1.82, 2.24) is 20.4 Å². The largest absolute Gasteiger partial charge is 0.352 e. The Bertz CT molecular complexity index is 1240. The molecule has 0 unspecified atom stereocenters. The van der Waals surface area contributed by atoms with Crippen LogP contribution in [0.2, 0.25) is 0 Å². The van der Waals surface area contributed by atoms with Crippen molar-refractivity contribution in [3.63, 3.8) is 0 Å². The lowest BCUT2D eigenvalue weighted by Crippen LogP contribution is -2.40. The SMILES string of the molecule is Cc1ccc(C2=C[C@H](c3cn(-c4ccccc4)nc3-c3ccccc3)NC(=S)N2)cc1. The topological polar surface area (TPSA) is 41.9 Å². The van der Waals surface area contributed by atoms with Crippen LogP contribution in [0.15, 0.2) is 97.2 Å². The predicted molar refractivity (Wildman–Crippen MR) is 130 cm³/mol. The fourth-order valence-electron chi connectivity index (χ4n) is 3.77. The predicted octanol–water partition coefficient (Wildman–Crippen LogP) is 5.41. The molecule has 2 heterocycles. The molecule has 0 saturated heterocycles. The minimum absolute atomic E-state index is 0.0993. The third kappa shape index (κ3) is 4.00. The first kappa shape index (κ1) is 19.3. The van der Waals surface area contributed by atoms with Gasteiger partial charge < -0.3 is 10.6 Å². The molecule has 4 nitrogen and oxygen atoms in total. The summed E-state index contributed by atoms with van der Waals surface area (Å²) >= 11 is 5.56. The van der Waals surface area contributed by atoms with Gasteiger partial charge in [0.2, 0.25) is 0 Å². The van der Waals surface area contributed by atoms with Crippen molar-refractivity contribution in [3.05, 3.63) is 114 Å². The summed E-state index contributed by atoms with van der Waals surface area (Å²) in [6.45, 7) is 2.09. The van der Waals surface area contributed by atoms with Gasteiger partial charge in [-0.25, -0.2) is 4.68 Å². The molecule has 4 aromatic rings. The van der Waals surface area contributed by atoms with Gasteiger partial charge in [-0.05, 0) is 42.9 Å². The Kier molecular flexibility index (Phi) is 5.10. The standard InChI is InChI=1S/C26H22N4S/c1-18-12-14-19(15-13-18)23-16-24(28-26(31)27-23)22-17-30(21-10-6-3-7-11-21)29-25(22)20-8-4-2-5-9-20/h2-17,24H,1H3,(H2,27,28,31)/t24-/m1/s1. The third-order valence-corrected chi connectivity index (χ3v) is 5.60. The van der Waals surface area contributed by atoms with Gasteiger partial charge in [0, 0.05) is 23.0 Å². The number of hydrogen-bond acceptors (Lipinski definition) is 2. The maximum absolute atomic E-state index is 5.56. The van der Waals surface area contributed by atoms with E-state index in [4.69, 9.17) is 17.3 Å². The van der Waals surface area contributed by atoms with E-state index in [1.54, 1.807) is 0 Å². The number of hydrogen-bond donors (Lipinski definition) is 2. The highest BCUT2D eigenvalue weighted by molar-refractivity contribution is 7.80. The van der Waals surface area contributed by atoms with Crippen LogP contribution in [0.3, 0.4) is 0 Å². The second kappa shape index (κ2) is 8.20. The molecular weight excluding hydrogens is 400 g/mol. The molecule has 3 aromatic carbocycles. The molecule has 0 radical (unpaired) electrons. The van der Waals surface area contributed by atoms with Crippen LogP contribution in [0.1, 0.15) is 22.7 Å². The summed E-state index contributed by atoms with van der Waals surface area (Å²) in [5, 5.41) is 12.3. The fraction of sp³-hybridized carbons (Fsp3) is 0.0769. The normalized spacial score (nSPS) is 15.7. The van der Waals surface area contributed by atoms with E-state index in [1.807, 2.05) is 41.1 Å². The van der Waals surface area contributed by atoms with Crippen LogP contribution >= 0.6 is 12.2 Å². The lowest BCUT2D eigenvalue weighted by molar-refractivity contribution is 0.766. The van der Waals surface area contributed by atoms with Crippen LogP contribution in [0.5, 0.6) is 0 Å². The highest BCUT2D eigenvalue weighted by Crippen LogP contribution is 2.32. The van der Waals surface area contributed by atoms with E-state index in [-0.39, 0.29) is 6.04 Å². The van der Waals surface area contributed by atoms with Crippen LogP contribution in [0, 0.1) is 6.92 Å². The van der Waals surface area contributed by atoms with Crippen molar-refractivity contribution in [2.45, 2.75) is 13.0 Å². The Balaban J connectivity index is 1.62. The number of para-hydroxylation sites is 1. The molecule has 0 saturated carbocycles. The molecule has 1 aliphatic rings. The van der Waals surface area contributed by atoms with Gasteiger partial charge in [-0.2, -0.15) is 5.10 Å². The highest BCUT2D eigenvalue weighted by Gasteiger charge is 2.24. The van der Waals surface area contributed by atoms with Crippen molar-refractivity contribution in [2.75, 3.05) is 0 Å². The summed E-state index contributed by atoms with van der Waals surface area (Å²) < 4.78 is 1.93. The molecule has 5 heteroatoms. The summed E-state index contributed by atoms with van der Waals surface area (Å²) in [6, 6.07) is 28.8. The van der Waals surface area contributed by atoms with E-state index < -0.39 is 0 Å². The molecule has 31 heavy (non-hydrogen) atoms. The van der Waals surface area contributed by atoms with Crippen molar-refractivity contribution < 1.29 is 0 Å². The number of benzene rings is 3. The van der Waals surface area contributed by atoms with Crippen LogP contribution in [0.25, 0.3) is 22.6 Å². The maximum Gasteiger partial charge on any atom is 0.171 e. The van der Waals surface area contributed by atoms with Gasteiger partial charge in [0.1, 0.15) is 0 Å². The first-order valence-corrected chi connectivity index (χ1v) is 10.6. The zero-order valence-electron chi connectivity index (χ0n) is 17.1. The Hall–Kier alpha value is -3.70. The van der Waals surface area contributed by atoms with Crippen LogP contribution in [-0.4, -0.2) is 14.9 Å². The van der Waals surface area contributed by atoms with Gasteiger partial charge in [-0.1, -0.05) is 78.4 Å². The van der Waals surface area contributed by atoms with Gasteiger partial charge in [-0.15, -0.1) is 0 Å². The maximum atomic E-state index is 5.56. The third-order valence-electron chi connectivity index (χ3n) is 5.38. The zero-order chi connectivity index (χ0) is 21.2. The first-order chi connectivity index (χ1) is 15.2. The molecule has 0 spiro atoms. The molecule has 0 aliphatic carbocycles. The van der Waals surface area contributed by atoms with Crippen LogP contribution in [-0.2, 0) is 0 Å². The molecule has 152 valence electrons. The molecule has 0 bridgehead atoms. The number of nitrogens with zero attached hydrogens (tertiary/aromatic N) is 2. The van der Waals surface area contributed by atoms with Crippen molar-refractivity contribution >= 4 is 23.0 Å². The van der Waals surface area contributed by atoms with E-state index in [0.29, 0.717) is 5.11 Å². The Morgan fingerprint density at radius 3 is 2.23 bits per heavy atom. The van der Waals surface area contributed by atoms with E-state index in [1.165, 1.54) is 5.56 Å². The van der Waals surface area contributed by atoms with Gasteiger partial charge >= 0.3 is 0 Å². The number of thiocarbonyl (C=S) groups is 1. The summed E-state index contributed by atoms with van der Waals surface area (Å²) in [6.07, 6.45) is 4.27. The van der Waals surface area contributed by atoms with Gasteiger partial charge in [0.05, 0.1) is 17.4 Å². The summed E-state index contributed by atoms with van der Waals surface area (Å²) in [4.78, 5) is 0.